The zero-order valence-corrected chi connectivity index (χ0v) is 8.77. The lowest BCUT2D eigenvalue weighted by Gasteiger charge is -2.18. The van der Waals surface area contributed by atoms with Crippen molar-refractivity contribution in [2.75, 3.05) is 12.0 Å². The van der Waals surface area contributed by atoms with Crippen molar-refractivity contribution < 1.29 is 9.90 Å². The first-order chi connectivity index (χ1) is 6.24. The quantitative estimate of drug-likeness (QED) is 0.708. The third kappa shape index (κ3) is 3.56. The molecular weight excluding hydrogens is 186 g/mol. The molecule has 0 aromatic rings. The maximum atomic E-state index is 10.8. The Hall–Kier alpha value is -0.220. The summed E-state index contributed by atoms with van der Waals surface area (Å²) in [5, 5.41) is 12.1. The van der Waals surface area contributed by atoms with E-state index in [9.17, 15) is 4.79 Å². The maximum absolute atomic E-state index is 10.8. The summed E-state index contributed by atoms with van der Waals surface area (Å²) in [4.78, 5) is 10.8. The summed E-state index contributed by atoms with van der Waals surface area (Å²) < 4.78 is 0. The lowest BCUT2D eigenvalue weighted by molar-refractivity contribution is -0.139. The molecule has 0 amide bonds. The monoisotopic (exact) mass is 203 g/mol. The number of thioether (sulfide) groups is 1. The van der Waals surface area contributed by atoms with Gasteiger partial charge in [0.25, 0.3) is 0 Å². The van der Waals surface area contributed by atoms with E-state index in [0.717, 1.165) is 12.8 Å². The minimum atomic E-state index is -0.721. The molecule has 1 fully saturated rings. The highest BCUT2D eigenvalue weighted by molar-refractivity contribution is 7.98. The van der Waals surface area contributed by atoms with Crippen LogP contribution in [0, 0.1) is 0 Å². The van der Waals surface area contributed by atoms with E-state index in [4.69, 9.17) is 5.11 Å². The van der Waals surface area contributed by atoms with E-state index in [0.29, 0.717) is 11.8 Å². The molecule has 2 N–H and O–H groups in total. The minimum Gasteiger partial charge on any atom is -0.480 e. The molecular formula is C9H17NO2S. The fourth-order valence-electron chi connectivity index (χ4n) is 1.73. The average Bonchev–Trinajstić information content (AvgIpc) is 2.56. The lowest BCUT2D eigenvalue weighted by Crippen LogP contribution is -2.43. The van der Waals surface area contributed by atoms with Gasteiger partial charge in [-0.1, -0.05) is 12.8 Å². The Labute approximate surface area is 83.3 Å². The Morgan fingerprint density at radius 3 is 2.69 bits per heavy atom. The van der Waals surface area contributed by atoms with Gasteiger partial charge < -0.3 is 10.4 Å². The zero-order valence-electron chi connectivity index (χ0n) is 7.95. The van der Waals surface area contributed by atoms with Gasteiger partial charge in [-0.2, -0.15) is 11.8 Å². The molecule has 3 nitrogen and oxygen atoms in total. The molecule has 0 radical (unpaired) electrons. The Balaban J connectivity index is 2.32. The summed E-state index contributed by atoms with van der Waals surface area (Å²) in [6.07, 6.45) is 6.69. The molecule has 1 atom stereocenters. The van der Waals surface area contributed by atoms with Crippen LogP contribution in [0.1, 0.15) is 25.7 Å². The molecule has 1 rings (SSSR count). The number of carboxylic acids is 1. The molecule has 13 heavy (non-hydrogen) atoms. The van der Waals surface area contributed by atoms with Gasteiger partial charge in [0, 0.05) is 11.8 Å². The smallest absolute Gasteiger partial charge is 0.321 e. The maximum Gasteiger partial charge on any atom is 0.321 e. The van der Waals surface area contributed by atoms with Crippen LogP contribution in [0.5, 0.6) is 0 Å². The first kappa shape index (κ1) is 10.9. The summed E-state index contributed by atoms with van der Waals surface area (Å²) in [5.74, 6) is -0.0625. The Bertz CT molecular complexity index is 169. The third-order valence-corrected chi connectivity index (χ3v) is 3.09. The molecule has 0 spiro atoms. The van der Waals surface area contributed by atoms with Crippen LogP contribution in [-0.4, -0.2) is 35.2 Å². The molecule has 1 aliphatic rings. The summed E-state index contributed by atoms with van der Waals surface area (Å²) in [6.45, 7) is 0. The highest BCUT2D eigenvalue weighted by atomic mass is 32.2. The Morgan fingerprint density at radius 1 is 1.62 bits per heavy atom. The summed E-state index contributed by atoms with van der Waals surface area (Å²) >= 11 is 1.58. The largest absolute Gasteiger partial charge is 0.480 e. The third-order valence-electron chi connectivity index (χ3n) is 2.42. The van der Waals surface area contributed by atoms with Crippen LogP contribution in [0.4, 0.5) is 0 Å². The molecule has 1 aliphatic carbocycles. The summed E-state index contributed by atoms with van der Waals surface area (Å²) in [7, 11) is 0. The zero-order chi connectivity index (χ0) is 9.68. The van der Waals surface area contributed by atoms with Crippen molar-refractivity contribution in [3.63, 3.8) is 0 Å². The Kier molecular flexibility index (Phi) is 4.59. The standard InChI is InChI=1S/C9H17NO2S/c1-13-6-8(9(11)12)10-7-4-2-3-5-7/h7-8,10H,2-6H2,1H3,(H,11,12)/t8-/m0/s1. The molecule has 0 unspecified atom stereocenters. The number of aliphatic carboxylic acids is 1. The van der Waals surface area contributed by atoms with E-state index >= 15 is 0 Å². The first-order valence-electron chi connectivity index (χ1n) is 4.72. The van der Waals surface area contributed by atoms with Gasteiger partial charge in [-0.3, -0.25) is 4.79 Å². The number of nitrogens with one attached hydrogen (secondary N) is 1. The van der Waals surface area contributed by atoms with E-state index in [1.165, 1.54) is 12.8 Å². The predicted molar refractivity (Wildman–Crippen MR) is 55.2 cm³/mol. The van der Waals surface area contributed by atoms with Gasteiger partial charge in [0.05, 0.1) is 0 Å². The van der Waals surface area contributed by atoms with Gasteiger partial charge in [-0.15, -0.1) is 0 Å². The fraction of sp³-hybridized carbons (Fsp3) is 0.889. The predicted octanol–water partition coefficient (Wildman–Crippen LogP) is 1.33. The van der Waals surface area contributed by atoms with Gasteiger partial charge in [-0.25, -0.2) is 0 Å². The highest BCUT2D eigenvalue weighted by Gasteiger charge is 2.22. The normalized spacial score (nSPS) is 20.4. The van der Waals surface area contributed by atoms with Crippen LogP contribution in [0.3, 0.4) is 0 Å². The van der Waals surface area contributed by atoms with Crippen LogP contribution in [0.2, 0.25) is 0 Å². The second-order valence-corrected chi connectivity index (χ2v) is 4.40. The van der Waals surface area contributed by atoms with Crippen molar-refractivity contribution >= 4 is 17.7 Å². The topological polar surface area (TPSA) is 49.3 Å². The summed E-state index contributed by atoms with van der Waals surface area (Å²) in [6, 6.07) is 0.0753. The number of rotatable bonds is 5. The molecule has 0 aliphatic heterocycles. The van der Waals surface area contributed by atoms with Crippen molar-refractivity contribution in [1.29, 1.82) is 0 Å². The van der Waals surface area contributed by atoms with Crippen molar-refractivity contribution in [3.8, 4) is 0 Å². The number of hydrogen-bond acceptors (Lipinski definition) is 3. The van der Waals surface area contributed by atoms with Gasteiger partial charge in [0.1, 0.15) is 6.04 Å². The Morgan fingerprint density at radius 2 is 2.23 bits per heavy atom. The minimum absolute atomic E-state index is 0.363. The highest BCUT2D eigenvalue weighted by Crippen LogP contribution is 2.18. The second kappa shape index (κ2) is 5.50. The molecule has 0 aromatic carbocycles. The van der Waals surface area contributed by atoms with Crippen molar-refractivity contribution in [2.24, 2.45) is 0 Å². The lowest BCUT2D eigenvalue weighted by atomic mass is 10.2. The van der Waals surface area contributed by atoms with Crippen LogP contribution in [-0.2, 0) is 4.79 Å². The SMILES string of the molecule is CSC[C@H](NC1CCCC1)C(=O)O. The van der Waals surface area contributed by atoms with Gasteiger partial charge in [0.15, 0.2) is 0 Å². The first-order valence-corrected chi connectivity index (χ1v) is 6.11. The second-order valence-electron chi connectivity index (χ2n) is 3.49. The van der Waals surface area contributed by atoms with Crippen LogP contribution >= 0.6 is 11.8 Å². The molecule has 0 heterocycles. The molecule has 1 saturated carbocycles. The van der Waals surface area contributed by atoms with Crippen LogP contribution in [0.15, 0.2) is 0 Å². The van der Waals surface area contributed by atoms with Crippen molar-refractivity contribution in [2.45, 2.75) is 37.8 Å². The van der Waals surface area contributed by atoms with Crippen LogP contribution in [0.25, 0.3) is 0 Å². The molecule has 0 aromatic heterocycles. The van der Waals surface area contributed by atoms with Crippen molar-refractivity contribution in [1.82, 2.24) is 5.32 Å². The van der Waals surface area contributed by atoms with E-state index in [-0.39, 0.29) is 6.04 Å². The fourth-order valence-corrected chi connectivity index (χ4v) is 2.31. The number of carboxylic acid groups (broad SMARTS) is 1. The number of carbonyl (C=O) groups is 1. The van der Waals surface area contributed by atoms with Gasteiger partial charge >= 0.3 is 5.97 Å². The average molecular weight is 203 g/mol. The van der Waals surface area contributed by atoms with E-state index in [1.54, 1.807) is 11.8 Å². The molecule has 0 saturated heterocycles. The van der Waals surface area contributed by atoms with Gasteiger partial charge in [0.2, 0.25) is 0 Å². The molecule has 4 heteroatoms. The van der Waals surface area contributed by atoms with Crippen LogP contribution < -0.4 is 5.32 Å². The van der Waals surface area contributed by atoms with E-state index < -0.39 is 5.97 Å². The summed E-state index contributed by atoms with van der Waals surface area (Å²) in [5.41, 5.74) is 0. The molecule has 0 bridgehead atoms. The number of hydrogen-bond donors (Lipinski definition) is 2. The van der Waals surface area contributed by atoms with E-state index in [1.807, 2.05) is 6.26 Å². The van der Waals surface area contributed by atoms with Gasteiger partial charge in [-0.05, 0) is 19.1 Å². The molecule has 76 valence electrons. The van der Waals surface area contributed by atoms with E-state index in [2.05, 4.69) is 5.32 Å². The van der Waals surface area contributed by atoms with Crippen molar-refractivity contribution in [3.05, 3.63) is 0 Å².